The highest BCUT2D eigenvalue weighted by molar-refractivity contribution is 5.79. The highest BCUT2D eigenvalue weighted by Crippen LogP contribution is 2.76. The van der Waals surface area contributed by atoms with Gasteiger partial charge in [0.1, 0.15) is 104 Å². The van der Waals surface area contributed by atoms with Gasteiger partial charge in [0.05, 0.1) is 50.7 Å². The molecular weight excluding hydrogens is 1110 g/mol. The minimum atomic E-state index is -1.86. The summed E-state index contributed by atoms with van der Waals surface area (Å²) in [5.74, 6) is -0.880. The molecule has 32 atom stereocenters. The quantitative estimate of drug-likeness (QED) is 0.0499. The maximum absolute atomic E-state index is 15.1. The molecule has 5 aliphatic carbocycles. The van der Waals surface area contributed by atoms with E-state index in [-0.39, 0.29) is 47.2 Å². The fourth-order valence-corrected chi connectivity index (χ4v) is 17.3. The Labute approximate surface area is 488 Å². The zero-order valence-corrected chi connectivity index (χ0v) is 49.0. The number of rotatable bonds is 13. The van der Waals surface area contributed by atoms with Crippen molar-refractivity contribution in [2.24, 2.45) is 50.2 Å². The maximum Gasteiger partial charge on any atom is 0.315 e. The molecule has 0 aromatic rings. The lowest BCUT2D eigenvalue weighted by atomic mass is 9.33. The van der Waals surface area contributed by atoms with Gasteiger partial charge in [0.15, 0.2) is 25.2 Å². The Kier molecular flexibility index (Phi) is 18.7. The van der Waals surface area contributed by atoms with Crippen LogP contribution in [-0.4, -0.2) is 263 Å². The van der Waals surface area contributed by atoms with Gasteiger partial charge in [-0.2, -0.15) is 0 Å². The highest BCUT2D eigenvalue weighted by Gasteiger charge is 2.71. The normalized spacial score (nSPS) is 54.9. The number of hydrogen-bond acceptors (Lipinski definition) is 26. The smallest absolute Gasteiger partial charge is 0.315 e. The predicted molar refractivity (Wildman–Crippen MR) is 283 cm³/mol. The minimum Gasteiger partial charge on any atom is -0.432 e. The molecule has 5 heterocycles. The third-order valence-electron chi connectivity index (χ3n) is 22.8. The molecule has 15 N–H and O–H groups in total. The Bertz CT molecular complexity index is 2330. The van der Waals surface area contributed by atoms with E-state index in [1.54, 1.807) is 0 Å². The Morgan fingerprint density at radius 3 is 1.86 bits per heavy atom. The molecule has 482 valence electrons. The van der Waals surface area contributed by atoms with Crippen molar-refractivity contribution >= 4 is 5.97 Å². The molecule has 0 spiro atoms. The summed E-state index contributed by atoms with van der Waals surface area (Å²) in [5.41, 5.74) is -1.98. The number of carbonyl (C=O) groups excluding carboxylic acids is 1. The van der Waals surface area contributed by atoms with E-state index in [2.05, 4.69) is 40.7 Å². The molecule has 10 rings (SSSR count). The average Bonchev–Trinajstić information content (AvgIpc) is 0.836. The van der Waals surface area contributed by atoms with Crippen LogP contribution in [-0.2, 0) is 52.2 Å². The molecular formula is C58H94O26. The van der Waals surface area contributed by atoms with Gasteiger partial charge in [-0.1, -0.05) is 53.2 Å². The first-order valence-corrected chi connectivity index (χ1v) is 30.2. The van der Waals surface area contributed by atoms with Crippen LogP contribution < -0.4 is 0 Å². The van der Waals surface area contributed by atoms with E-state index >= 15 is 4.79 Å². The lowest BCUT2D eigenvalue weighted by Gasteiger charge is -2.71. The van der Waals surface area contributed by atoms with Gasteiger partial charge < -0.3 is 124 Å². The Morgan fingerprint density at radius 2 is 1.18 bits per heavy atom. The van der Waals surface area contributed by atoms with Gasteiger partial charge in [0.25, 0.3) is 0 Å². The van der Waals surface area contributed by atoms with Crippen LogP contribution in [0.3, 0.4) is 0 Å². The number of aliphatic hydroxyl groups excluding tert-OH is 15. The molecule has 0 aromatic carbocycles. The Morgan fingerprint density at radius 1 is 0.571 bits per heavy atom. The van der Waals surface area contributed by atoms with Crippen LogP contribution in [0.1, 0.15) is 113 Å². The second-order valence-corrected chi connectivity index (χ2v) is 28.1. The van der Waals surface area contributed by atoms with Crippen molar-refractivity contribution in [1.82, 2.24) is 0 Å². The van der Waals surface area contributed by atoms with Crippen LogP contribution in [0.4, 0.5) is 0 Å². The summed E-state index contributed by atoms with van der Waals surface area (Å²) in [6.45, 7) is 12.6. The van der Waals surface area contributed by atoms with Crippen LogP contribution in [0, 0.1) is 50.2 Å². The molecule has 9 fully saturated rings. The zero-order chi connectivity index (χ0) is 61.1. The van der Waals surface area contributed by atoms with Gasteiger partial charge in [0, 0.05) is 5.41 Å². The number of ether oxygens (including phenoxy) is 10. The van der Waals surface area contributed by atoms with Crippen molar-refractivity contribution in [3.8, 4) is 0 Å². The summed E-state index contributed by atoms with van der Waals surface area (Å²) in [4.78, 5) is 15.1. The summed E-state index contributed by atoms with van der Waals surface area (Å²) >= 11 is 0. The van der Waals surface area contributed by atoms with Crippen molar-refractivity contribution in [3.63, 3.8) is 0 Å². The van der Waals surface area contributed by atoms with E-state index in [1.165, 1.54) is 12.5 Å². The first-order chi connectivity index (χ1) is 39.4. The molecule has 26 nitrogen and oxygen atoms in total. The van der Waals surface area contributed by atoms with E-state index in [0.717, 1.165) is 6.42 Å². The monoisotopic (exact) mass is 1210 g/mol. The van der Waals surface area contributed by atoms with Crippen molar-refractivity contribution in [3.05, 3.63) is 11.6 Å². The first-order valence-electron chi connectivity index (χ1n) is 30.2. The average molecular weight is 1210 g/mol. The Hall–Kier alpha value is -1.75. The third kappa shape index (κ3) is 10.9. The van der Waals surface area contributed by atoms with Crippen LogP contribution in [0.25, 0.3) is 0 Å². The summed E-state index contributed by atoms with van der Waals surface area (Å²) in [6, 6.07) is 0. The van der Waals surface area contributed by atoms with E-state index in [9.17, 15) is 76.6 Å². The van der Waals surface area contributed by atoms with Crippen molar-refractivity contribution < 1.29 is 129 Å². The van der Waals surface area contributed by atoms with Crippen LogP contribution >= 0.6 is 0 Å². The van der Waals surface area contributed by atoms with Gasteiger partial charge in [-0.3, -0.25) is 4.79 Å². The predicted octanol–water partition coefficient (Wildman–Crippen LogP) is -2.93. The summed E-state index contributed by atoms with van der Waals surface area (Å²) in [5, 5.41) is 162. The summed E-state index contributed by atoms with van der Waals surface area (Å²) in [6.07, 6.45) is -28.6. The highest BCUT2D eigenvalue weighted by atomic mass is 16.8. The molecule has 4 saturated carbocycles. The number of aliphatic hydroxyl groups is 15. The summed E-state index contributed by atoms with van der Waals surface area (Å²) in [7, 11) is 0. The molecule has 0 aromatic heterocycles. The number of hydrogen-bond donors (Lipinski definition) is 15. The maximum atomic E-state index is 15.1. The van der Waals surface area contributed by atoms with Gasteiger partial charge >= 0.3 is 5.97 Å². The molecule has 0 radical (unpaired) electrons. The number of fused-ring (bicyclic) bond motifs is 7. The fourth-order valence-electron chi connectivity index (χ4n) is 17.3. The standard InChI is InChI=1S/C58H94O26/c1-24-34(63)45(82-48-41(70)35(64)27(61)20-75-48)44(73)50(78-24)83-46-36(65)28(62)21-76-51(46)81-33-11-12-54(4)31(55(33,5)23-60)10-13-57(7)32(54)9-8-25-26-18-53(2,3)14-16-58(26,17-15-56(25,57)6)52(74)84-49-43(72)40(69)38(67)30(80-49)22-77-47-42(71)39(68)37(66)29(19-59)79-47/h8,24,26-51,59-73H,9-23H2,1-7H3/t24-,26-,27+,28-,29+,30+,31+,32+,33-,34-,35-,36-,37+,38+,39-,40-,41+,42+,43+,44+,45+,46+,47+,48-,49-,50-,51-,54-,55-,56+,57+,58-/m0/s1. The number of allylic oxidation sites excluding steroid dienone is 2. The van der Waals surface area contributed by atoms with E-state index in [0.29, 0.717) is 57.8 Å². The second-order valence-electron chi connectivity index (χ2n) is 28.1. The minimum absolute atomic E-state index is 0.0990. The van der Waals surface area contributed by atoms with Gasteiger partial charge in [-0.15, -0.1) is 0 Å². The summed E-state index contributed by atoms with van der Waals surface area (Å²) < 4.78 is 59.4. The van der Waals surface area contributed by atoms with Gasteiger partial charge in [0.2, 0.25) is 6.29 Å². The number of carbonyl (C=O) groups is 1. The van der Waals surface area contributed by atoms with Crippen LogP contribution in [0.15, 0.2) is 11.6 Å². The molecule has 0 bridgehead atoms. The lowest BCUT2D eigenvalue weighted by molar-refractivity contribution is -0.379. The van der Waals surface area contributed by atoms with E-state index in [1.807, 2.05) is 6.92 Å². The van der Waals surface area contributed by atoms with E-state index in [4.69, 9.17) is 47.4 Å². The Balaban J connectivity index is 0.850. The largest absolute Gasteiger partial charge is 0.432 e. The first kappa shape index (κ1) is 65.2. The van der Waals surface area contributed by atoms with Crippen molar-refractivity contribution in [2.75, 3.05) is 33.0 Å². The zero-order valence-electron chi connectivity index (χ0n) is 49.0. The molecule has 0 amide bonds. The topological polar surface area (TPSA) is 413 Å². The van der Waals surface area contributed by atoms with Crippen molar-refractivity contribution in [2.45, 2.75) is 260 Å². The van der Waals surface area contributed by atoms with Gasteiger partial charge in [-0.25, -0.2) is 0 Å². The molecule has 26 heteroatoms. The van der Waals surface area contributed by atoms with Crippen LogP contribution in [0.2, 0.25) is 0 Å². The van der Waals surface area contributed by atoms with Crippen molar-refractivity contribution in [1.29, 1.82) is 0 Å². The fraction of sp³-hybridized carbons (Fsp3) is 0.948. The molecule has 0 unspecified atom stereocenters. The van der Waals surface area contributed by atoms with Crippen LogP contribution in [0.5, 0.6) is 0 Å². The molecule has 5 saturated heterocycles. The molecule has 5 aliphatic heterocycles. The SMILES string of the molecule is C[C@@H]1O[C@@H](O[C@H]2[C@H](O[C@H]3CC[C@@]4(C)[C@@H](CC[C@]5(C)[C@@H]4CC=C4[C@@H]6CC(C)(C)CC[C@]6(C(=O)O[C@@H]6O[C@H](CO[C@@H]7O[C@H](CO)[C@@H](O)[C@H](O)[C@H]7O)[C@@H](O)[C@H](O)[C@H]6O)CC[C@]45C)[C@]3(C)CO)OC[C@H](O)[C@@H]2O)[C@H](O)[C@H](O[C@@H]2OC[C@@H](O)[C@H](O)[C@H]2O)[C@H]1O. The number of esters is 1. The molecule has 10 aliphatic rings. The molecule has 84 heavy (non-hydrogen) atoms. The van der Waals surface area contributed by atoms with Gasteiger partial charge in [-0.05, 0) is 111 Å². The third-order valence-corrected chi connectivity index (χ3v) is 22.8. The lowest BCUT2D eigenvalue weighted by Crippen LogP contribution is -2.67. The second kappa shape index (κ2) is 24.1. The van der Waals surface area contributed by atoms with E-state index < -0.39 is 189 Å².